The lowest BCUT2D eigenvalue weighted by atomic mass is 10.1. The average Bonchev–Trinajstić information content (AvgIpc) is 2.55. The van der Waals surface area contributed by atoms with E-state index in [1.807, 2.05) is 0 Å². The van der Waals surface area contributed by atoms with Crippen LogP contribution in [-0.4, -0.2) is 24.7 Å². The molecule has 0 aliphatic carbocycles. The Bertz CT molecular complexity index is 371. The Kier molecular flexibility index (Phi) is 1.90. The van der Waals surface area contributed by atoms with Crippen LogP contribution < -0.4 is 10.5 Å². The van der Waals surface area contributed by atoms with Crippen molar-refractivity contribution in [2.24, 2.45) is 5.73 Å². The predicted octanol–water partition coefficient (Wildman–Crippen LogP) is 0.463. The number of rotatable bonds is 1. The number of Topliss-reactive ketones (excluding diaryl/α,β-unsaturated/α-hetero) is 1. The van der Waals surface area contributed by atoms with E-state index in [1.54, 1.807) is 6.07 Å². The zero-order chi connectivity index (χ0) is 9.42. The van der Waals surface area contributed by atoms with Gasteiger partial charge in [0.25, 0.3) is 0 Å². The maximum absolute atomic E-state index is 11.4. The molecule has 68 valence electrons. The van der Waals surface area contributed by atoms with Crippen LogP contribution in [0.4, 0.5) is 0 Å². The molecule has 2 N–H and O–H groups in total. The first-order valence-corrected chi connectivity index (χ1v) is 4.55. The van der Waals surface area contributed by atoms with Crippen molar-refractivity contribution in [3.8, 4) is 5.75 Å². The normalized spacial score (nSPS) is 20.7. The fourth-order valence-corrected chi connectivity index (χ4v) is 2.07. The Morgan fingerprint density at radius 2 is 2.46 bits per heavy atom. The molecule has 5 heteroatoms. The molecule has 1 aliphatic heterocycles. The fraction of sp³-hybridized carbons (Fsp3) is 0.250. The second-order valence-electron chi connectivity index (χ2n) is 2.74. The summed E-state index contributed by atoms with van der Waals surface area (Å²) >= 11 is 1.12. The molecular weight excluding hydrogens is 190 g/mol. The van der Waals surface area contributed by atoms with Crippen LogP contribution in [0.3, 0.4) is 0 Å². The van der Waals surface area contributed by atoms with Crippen LogP contribution in [0.1, 0.15) is 19.3 Å². The van der Waals surface area contributed by atoms with Crippen LogP contribution in [0.15, 0.2) is 6.07 Å². The molecular formula is C8H7NO3S. The maximum atomic E-state index is 11.4. The highest BCUT2D eigenvalue weighted by Gasteiger charge is 2.28. The van der Waals surface area contributed by atoms with Crippen molar-refractivity contribution >= 4 is 23.4 Å². The number of aldehydes is 1. The monoisotopic (exact) mass is 197 g/mol. The van der Waals surface area contributed by atoms with Crippen LogP contribution in [0.5, 0.6) is 5.75 Å². The summed E-state index contributed by atoms with van der Waals surface area (Å²) in [6, 6.07) is 0.974. The van der Waals surface area contributed by atoms with Crippen LogP contribution in [0.25, 0.3) is 0 Å². The Morgan fingerprint density at radius 3 is 3.15 bits per heavy atom. The van der Waals surface area contributed by atoms with Gasteiger partial charge in [0.1, 0.15) is 23.3 Å². The minimum Gasteiger partial charge on any atom is -0.490 e. The van der Waals surface area contributed by atoms with E-state index in [-0.39, 0.29) is 12.4 Å². The van der Waals surface area contributed by atoms with Crippen molar-refractivity contribution in [3.63, 3.8) is 0 Å². The molecule has 0 saturated heterocycles. The molecule has 1 aromatic rings. The highest BCUT2D eigenvalue weighted by molar-refractivity contribution is 7.16. The molecule has 0 fully saturated rings. The molecule has 0 amide bonds. The lowest BCUT2D eigenvalue weighted by Crippen LogP contribution is -2.39. The quantitative estimate of drug-likeness (QED) is 0.664. The smallest absolute Gasteiger partial charge is 0.196 e. The van der Waals surface area contributed by atoms with E-state index in [4.69, 9.17) is 10.5 Å². The van der Waals surface area contributed by atoms with Crippen molar-refractivity contribution < 1.29 is 14.3 Å². The van der Waals surface area contributed by atoms with Crippen LogP contribution in [0, 0.1) is 0 Å². The zero-order valence-corrected chi connectivity index (χ0v) is 7.47. The fourth-order valence-electron chi connectivity index (χ4n) is 1.15. The first-order valence-electron chi connectivity index (χ1n) is 3.74. The number of hydrogen-bond donors (Lipinski definition) is 1. The van der Waals surface area contributed by atoms with Gasteiger partial charge in [-0.15, -0.1) is 11.3 Å². The van der Waals surface area contributed by atoms with Crippen LogP contribution >= 0.6 is 11.3 Å². The van der Waals surface area contributed by atoms with Gasteiger partial charge < -0.3 is 10.5 Å². The van der Waals surface area contributed by atoms with Crippen molar-refractivity contribution in [3.05, 3.63) is 15.8 Å². The summed E-state index contributed by atoms with van der Waals surface area (Å²) in [4.78, 5) is 22.8. The summed E-state index contributed by atoms with van der Waals surface area (Å²) in [6.07, 6.45) is 0.700. The topological polar surface area (TPSA) is 69.4 Å². The van der Waals surface area contributed by atoms with E-state index >= 15 is 0 Å². The number of carbonyl (C=O) groups is 2. The number of carbonyl (C=O) groups excluding carboxylic acids is 2. The number of ketones is 1. The molecule has 2 rings (SSSR count). The van der Waals surface area contributed by atoms with Crippen molar-refractivity contribution in [1.82, 2.24) is 0 Å². The van der Waals surface area contributed by atoms with Gasteiger partial charge >= 0.3 is 0 Å². The largest absolute Gasteiger partial charge is 0.490 e. The van der Waals surface area contributed by atoms with E-state index in [2.05, 4.69) is 0 Å². The van der Waals surface area contributed by atoms with Crippen LogP contribution in [-0.2, 0) is 0 Å². The van der Waals surface area contributed by atoms with Gasteiger partial charge in [-0.25, -0.2) is 0 Å². The van der Waals surface area contributed by atoms with Crippen LogP contribution in [0.2, 0.25) is 0 Å². The van der Waals surface area contributed by atoms with Crippen molar-refractivity contribution in [2.45, 2.75) is 6.04 Å². The summed E-state index contributed by atoms with van der Waals surface area (Å²) in [5.41, 5.74) is 5.49. The molecule has 1 atom stereocenters. The molecule has 1 unspecified atom stereocenters. The third-order valence-electron chi connectivity index (χ3n) is 1.81. The molecule has 1 aliphatic rings. The lowest BCUT2D eigenvalue weighted by molar-refractivity contribution is 0.0905. The third-order valence-corrected chi connectivity index (χ3v) is 2.87. The standard InChI is InChI=1S/C8H7NO3S/c9-5-3-12-6-1-4(2-10)13-8(6)7(5)11/h1-2,5H,3,9H2. The molecule has 2 heterocycles. The minimum absolute atomic E-state index is 0.139. The molecule has 1 aromatic heterocycles. The first kappa shape index (κ1) is 8.40. The second-order valence-corrected chi connectivity index (χ2v) is 3.83. The van der Waals surface area contributed by atoms with E-state index in [9.17, 15) is 9.59 Å². The molecule has 0 radical (unpaired) electrons. The van der Waals surface area contributed by atoms with Gasteiger partial charge in [-0.05, 0) is 0 Å². The zero-order valence-electron chi connectivity index (χ0n) is 6.65. The molecule has 0 saturated carbocycles. The van der Waals surface area contributed by atoms with Gasteiger partial charge in [-0.3, -0.25) is 9.59 Å². The predicted molar refractivity (Wildman–Crippen MR) is 47.5 cm³/mol. The Hall–Kier alpha value is -1.20. The Balaban J connectivity index is 2.47. The Morgan fingerprint density at radius 1 is 1.69 bits per heavy atom. The van der Waals surface area contributed by atoms with E-state index < -0.39 is 6.04 Å². The molecule has 0 bridgehead atoms. The number of thiophene rings is 1. The van der Waals surface area contributed by atoms with Gasteiger partial charge in [0, 0.05) is 6.07 Å². The third kappa shape index (κ3) is 1.26. The average molecular weight is 197 g/mol. The minimum atomic E-state index is -0.592. The molecule has 4 nitrogen and oxygen atoms in total. The van der Waals surface area contributed by atoms with E-state index in [0.29, 0.717) is 21.8 Å². The van der Waals surface area contributed by atoms with E-state index in [1.165, 1.54) is 0 Å². The summed E-state index contributed by atoms with van der Waals surface area (Å²) in [7, 11) is 0. The summed E-state index contributed by atoms with van der Waals surface area (Å²) in [5.74, 6) is 0.346. The van der Waals surface area contributed by atoms with Gasteiger partial charge in [-0.1, -0.05) is 0 Å². The van der Waals surface area contributed by atoms with Gasteiger partial charge in [0.05, 0.1) is 4.88 Å². The van der Waals surface area contributed by atoms with Crippen molar-refractivity contribution in [2.75, 3.05) is 6.61 Å². The summed E-state index contributed by atoms with van der Waals surface area (Å²) < 4.78 is 5.19. The van der Waals surface area contributed by atoms with Gasteiger partial charge in [0.2, 0.25) is 0 Å². The molecule has 0 aromatic carbocycles. The maximum Gasteiger partial charge on any atom is 0.196 e. The number of nitrogens with two attached hydrogens (primary N) is 1. The molecule has 13 heavy (non-hydrogen) atoms. The first-order chi connectivity index (χ1) is 6.22. The number of ether oxygens (including phenoxy) is 1. The summed E-state index contributed by atoms with van der Waals surface area (Å²) in [5, 5.41) is 0. The Labute approximate surface area is 78.3 Å². The van der Waals surface area contributed by atoms with Gasteiger partial charge in [-0.2, -0.15) is 0 Å². The number of fused-ring (bicyclic) bond motifs is 1. The lowest BCUT2D eigenvalue weighted by Gasteiger charge is -2.17. The highest BCUT2D eigenvalue weighted by atomic mass is 32.1. The second kappa shape index (κ2) is 2.93. The SMILES string of the molecule is NC1COc2cc(C=O)sc2C1=O. The van der Waals surface area contributed by atoms with Gasteiger partial charge in [0.15, 0.2) is 12.1 Å². The number of hydrogen-bond acceptors (Lipinski definition) is 5. The highest BCUT2D eigenvalue weighted by Crippen LogP contribution is 2.32. The molecule has 0 spiro atoms. The summed E-state index contributed by atoms with van der Waals surface area (Å²) in [6.45, 7) is 0.195. The van der Waals surface area contributed by atoms with E-state index in [0.717, 1.165) is 11.3 Å². The van der Waals surface area contributed by atoms with Crippen molar-refractivity contribution in [1.29, 1.82) is 0 Å².